The predicted octanol–water partition coefficient (Wildman–Crippen LogP) is 1.18. The van der Waals surface area contributed by atoms with Crippen molar-refractivity contribution >= 4 is 23.2 Å². The number of Topliss-reactive ketones (excluding diaryl/α,β-unsaturated/α-hetero) is 2. The molecule has 0 fully saturated rings. The first kappa shape index (κ1) is 15.9. The molecule has 0 radical (unpaired) electrons. The van der Waals surface area contributed by atoms with Gasteiger partial charge in [-0.25, -0.2) is 0 Å². The first-order chi connectivity index (χ1) is 9.40. The fourth-order valence-corrected chi connectivity index (χ4v) is 1.81. The highest BCUT2D eigenvalue weighted by Gasteiger charge is 2.19. The summed E-state index contributed by atoms with van der Waals surface area (Å²) in [5.74, 6) is -0.615. The van der Waals surface area contributed by atoms with E-state index in [1.807, 2.05) is 30.3 Å². The highest BCUT2D eigenvalue weighted by atomic mass is 16.2. The molecular weight excluding hydrogens is 256 g/mol. The van der Waals surface area contributed by atoms with Crippen molar-refractivity contribution < 1.29 is 14.4 Å². The molecule has 5 heteroatoms. The van der Waals surface area contributed by atoms with Crippen LogP contribution in [-0.4, -0.2) is 37.1 Å². The summed E-state index contributed by atoms with van der Waals surface area (Å²) in [6, 6.07) is 8.73. The lowest BCUT2D eigenvalue weighted by molar-refractivity contribution is -0.128. The topological polar surface area (TPSA) is 66.5 Å². The SMILES string of the molecule is CC(=O)CC(NC(=O)CN(C)c1ccccc1)C(C)=O. The van der Waals surface area contributed by atoms with Gasteiger partial charge in [0.1, 0.15) is 5.78 Å². The van der Waals surface area contributed by atoms with Crippen molar-refractivity contribution in [1.82, 2.24) is 5.32 Å². The molecule has 108 valence electrons. The van der Waals surface area contributed by atoms with Crippen LogP contribution >= 0.6 is 0 Å². The number of ketones is 2. The predicted molar refractivity (Wildman–Crippen MR) is 77.6 cm³/mol. The van der Waals surface area contributed by atoms with E-state index in [-0.39, 0.29) is 30.4 Å². The molecule has 1 atom stereocenters. The van der Waals surface area contributed by atoms with Crippen LogP contribution in [0.1, 0.15) is 20.3 Å². The second-order valence-electron chi connectivity index (χ2n) is 4.83. The average Bonchev–Trinajstić information content (AvgIpc) is 2.38. The number of rotatable bonds is 7. The van der Waals surface area contributed by atoms with Crippen LogP contribution in [0.2, 0.25) is 0 Å². The number of nitrogens with zero attached hydrogens (tertiary/aromatic N) is 1. The van der Waals surface area contributed by atoms with Gasteiger partial charge in [-0.05, 0) is 26.0 Å². The molecule has 0 aliphatic heterocycles. The minimum atomic E-state index is -0.732. The number of hydrogen-bond donors (Lipinski definition) is 1. The molecule has 1 aromatic rings. The minimum Gasteiger partial charge on any atom is -0.365 e. The Morgan fingerprint density at radius 2 is 1.75 bits per heavy atom. The Morgan fingerprint density at radius 1 is 1.15 bits per heavy atom. The third-order valence-electron chi connectivity index (χ3n) is 2.90. The number of anilines is 1. The van der Waals surface area contributed by atoms with Gasteiger partial charge in [0.15, 0.2) is 5.78 Å². The summed E-state index contributed by atoms with van der Waals surface area (Å²) in [4.78, 5) is 36.1. The van der Waals surface area contributed by atoms with Gasteiger partial charge < -0.3 is 10.2 Å². The second-order valence-corrected chi connectivity index (χ2v) is 4.83. The zero-order valence-electron chi connectivity index (χ0n) is 12.1. The second kappa shape index (κ2) is 7.43. The van der Waals surface area contributed by atoms with Crippen LogP contribution in [0.3, 0.4) is 0 Å². The monoisotopic (exact) mass is 276 g/mol. The standard InChI is InChI=1S/C15H20N2O3/c1-11(18)9-14(12(2)19)16-15(20)10-17(3)13-7-5-4-6-8-13/h4-8,14H,9-10H2,1-3H3,(H,16,20). The maximum atomic E-state index is 11.9. The van der Waals surface area contributed by atoms with Crippen molar-refractivity contribution in [1.29, 1.82) is 0 Å². The van der Waals surface area contributed by atoms with Gasteiger partial charge in [-0.15, -0.1) is 0 Å². The van der Waals surface area contributed by atoms with E-state index in [1.165, 1.54) is 13.8 Å². The molecule has 1 N–H and O–H groups in total. The third-order valence-corrected chi connectivity index (χ3v) is 2.90. The molecule has 5 nitrogen and oxygen atoms in total. The van der Waals surface area contributed by atoms with Gasteiger partial charge in [0.2, 0.25) is 5.91 Å². The number of amides is 1. The first-order valence-electron chi connectivity index (χ1n) is 6.45. The average molecular weight is 276 g/mol. The summed E-state index contributed by atoms with van der Waals surface area (Å²) in [6.07, 6.45) is 0.0378. The summed E-state index contributed by atoms with van der Waals surface area (Å²) in [5.41, 5.74) is 0.911. The van der Waals surface area contributed by atoms with Gasteiger partial charge in [0.25, 0.3) is 0 Å². The number of hydrogen-bond acceptors (Lipinski definition) is 4. The smallest absolute Gasteiger partial charge is 0.240 e. The van der Waals surface area contributed by atoms with E-state index < -0.39 is 6.04 Å². The Hall–Kier alpha value is -2.17. The summed E-state index contributed by atoms with van der Waals surface area (Å²) in [7, 11) is 1.79. The molecule has 0 saturated carbocycles. The van der Waals surface area contributed by atoms with Gasteiger partial charge in [-0.1, -0.05) is 18.2 Å². The Labute approximate surface area is 119 Å². The van der Waals surface area contributed by atoms with Crippen molar-refractivity contribution in [2.75, 3.05) is 18.5 Å². The van der Waals surface area contributed by atoms with E-state index in [4.69, 9.17) is 0 Å². The quantitative estimate of drug-likeness (QED) is 0.812. The van der Waals surface area contributed by atoms with Crippen LogP contribution in [0.5, 0.6) is 0 Å². The van der Waals surface area contributed by atoms with Gasteiger partial charge in [0, 0.05) is 19.2 Å². The zero-order chi connectivity index (χ0) is 15.1. The van der Waals surface area contributed by atoms with Gasteiger partial charge in [-0.2, -0.15) is 0 Å². The van der Waals surface area contributed by atoms with E-state index in [9.17, 15) is 14.4 Å². The number of benzene rings is 1. The Bertz CT molecular complexity index is 485. The molecule has 0 saturated heterocycles. The third kappa shape index (κ3) is 5.22. The molecular formula is C15H20N2O3. The summed E-state index contributed by atoms with van der Waals surface area (Å²) >= 11 is 0. The Kier molecular flexibility index (Phi) is 5.90. The van der Waals surface area contributed by atoms with Crippen molar-refractivity contribution in [2.45, 2.75) is 26.3 Å². The van der Waals surface area contributed by atoms with E-state index in [0.29, 0.717) is 0 Å². The molecule has 1 unspecified atom stereocenters. The minimum absolute atomic E-state index is 0.0378. The number of para-hydroxylation sites is 1. The molecule has 0 aliphatic rings. The summed E-state index contributed by atoms with van der Waals surface area (Å²) in [5, 5.41) is 2.60. The molecule has 1 amide bonds. The van der Waals surface area contributed by atoms with Crippen molar-refractivity contribution in [3.8, 4) is 0 Å². The maximum absolute atomic E-state index is 11.9. The Balaban J connectivity index is 2.57. The highest BCUT2D eigenvalue weighted by molar-refractivity contribution is 5.92. The fraction of sp³-hybridized carbons (Fsp3) is 0.400. The van der Waals surface area contributed by atoms with Crippen LogP contribution in [0.15, 0.2) is 30.3 Å². The molecule has 20 heavy (non-hydrogen) atoms. The van der Waals surface area contributed by atoms with Gasteiger partial charge in [0.05, 0.1) is 12.6 Å². The van der Waals surface area contributed by atoms with Crippen molar-refractivity contribution in [3.05, 3.63) is 30.3 Å². The lowest BCUT2D eigenvalue weighted by atomic mass is 10.1. The van der Waals surface area contributed by atoms with Crippen LogP contribution in [-0.2, 0) is 14.4 Å². The fourth-order valence-electron chi connectivity index (χ4n) is 1.81. The van der Waals surface area contributed by atoms with E-state index in [2.05, 4.69) is 5.32 Å². The normalized spacial score (nSPS) is 11.6. The number of likely N-dealkylation sites (N-methyl/N-ethyl adjacent to an activating group) is 1. The van der Waals surface area contributed by atoms with Crippen LogP contribution in [0.4, 0.5) is 5.69 Å². The molecule has 0 spiro atoms. The molecule has 1 aromatic carbocycles. The maximum Gasteiger partial charge on any atom is 0.240 e. The van der Waals surface area contributed by atoms with Crippen LogP contribution in [0, 0.1) is 0 Å². The molecule has 1 rings (SSSR count). The molecule has 0 heterocycles. The van der Waals surface area contributed by atoms with Crippen LogP contribution in [0.25, 0.3) is 0 Å². The van der Waals surface area contributed by atoms with Crippen molar-refractivity contribution in [3.63, 3.8) is 0 Å². The molecule has 0 bridgehead atoms. The van der Waals surface area contributed by atoms with Crippen molar-refractivity contribution in [2.24, 2.45) is 0 Å². The van der Waals surface area contributed by atoms with Crippen LogP contribution < -0.4 is 10.2 Å². The van der Waals surface area contributed by atoms with E-state index in [0.717, 1.165) is 5.69 Å². The lowest BCUT2D eigenvalue weighted by Crippen LogP contribution is -2.45. The summed E-state index contributed by atoms with van der Waals surface area (Å²) in [6.45, 7) is 2.90. The highest BCUT2D eigenvalue weighted by Crippen LogP contribution is 2.10. The van der Waals surface area contributed by atoms with E-state index >= 15 is 0 Å². The first-order valence-corrected chi connectivity index (χ1v) is 6.45. The lowest BCUT2D eigenvalue weighted by Gasteiger charge is -2.21. The number of carbonyl (C=O) groups excluding carboxylic acids is 3. The molecule has 0 aromatic heterocycles. The summed E-state index contributed by atoms with van der Waals surface area (Å²) < 4.78 is 0. The van der Waals surface area contributed by atoms with Gasteiger partial charge >= 0.3 is 0 Å². The molecule has 0 aliphatic carbocycles. The van der Waals surface area contributed by atoms with E-state index in [1.54, 1.807) is 11.9 Å². The largest absolute Gasteiger partial charge is 0.365 e. The number of carbonyl (C=O) groups is 3. The zero-order valence-corrected chi connectivity index (χ0v) is 12.1. The number of nitrogens with one attached hydrogen (secondary N) is 1. The Morgan fingerprint density at radius 3 is 2.25 bits per heavy atom. The van der Waals surface area contributed by atoms with Gasteiger partial charge in [-0.3, -0.25) is 14.4 Å².